The van der Waals surface area contributed by atoms with Crippen LogP contribution in [0.2, 0.25) is 0 Å². The molecule has 3 rings (SSSR count). The van der Waals surface area contributed by atoms with Crippen molar-refractivity contribution in [3.05, 3.63) is 36.2 Å². The predicted octanol–water partition coefficient (Wildman–Crippen LogP) is 1.31. The lowest BCUT2D eigenvalue weighted by atomic mass is 10.3. The van der Waals surface area contributed by atoms with Crippen LogP contribution in [-0.2, 0) is 10.0 Å². The van der Waals surface area contributed by atoms with E-state index in [-0.39, 0.29) is 4.90 Å². The third kappa shape index (κ3) is 3.58. The summed E-state index contributed by atoms with van der Waals surface area (Å²) in [5.41, 5.74) is 0. The van der Waals surface area contributed by atoms with E-state index >= 15 is 0 Å². The van der Waals surface area contributed by atoms with Gasteiger partial charge in [0.1, 0.15) is 22.3 Å². The van der Waals surface area contributed by atoms with Crippen LogP contribution >= 0.6 is 0 Å². The van der Waals surface area contributed by atoms with E-state index in [1.54, 1.807) is 44.4 Å². The van der Waals surface area contributed by atoms with Gasteiger partial charge in [0.05, 0.1) is 14.2 Å². The lowest BCUT2D eigenvalue weighted by molar-refractivity contribution is 0.372. The summed E-state index contributed by atoms with van der Waals surface area (Å²) in [6.45, 7) is 3.61. The van der Waals surface area contributed by atoms with E-state index in [0.717, 1.165) is 5.82 Å². The van der Waals surface area contributed by atoms with E-state index in [9.17, 15) is 8.42 Å². The lowest BCUT2D eigenvalue weighted by Crippen LogP contribution is -2.49. The molecule has 2 heterocycles. The molecule has 9 heteroatoms. The normalized spacial score (nSPS) is 15.7. The molecule has 26 heavy (non-hydrogen) atoms. The highest BCUT2D eigenvalue weighted by Gasteiger charge is 2.31. The minimum absolute atomic E-state index is 0.190. The molecule has 1 aromatic heterocycles. The second kappa shape index (κ2) is 7.46. The Bertz CT molecular complexity index is 880. The van der Waals surface area contributed by atoms with Crippen molar-refractivity contribution in [1.29, 1.82) is 0 Å². The number of ether oxygens (including phenoxy) is 2. The summed E-state index contributed by atoms with van der Waals surface area (Å²) >= 11 is 0. The third-order valence-electron chi connectivity index (χ3n) is 4.26. The second-order valence-corrected chi connectivity index (χ2v) is 7.76. The molecule has 0 saturated carbocycles. The monoisotopic (exact) mass is 378 g/mol. The highest BCUT2D eigenvalue weighted by Crippen LogP contribution is 2.27. The SMILES string of the molecule is COc1cc(N2CCN(S(=O)(=O)c3ccccc3OC)CC2)nc(C)n1. The molecule has 0 amide bonds. The minimum Gasteiger partial charge on any atom is -0.495 e. The number of hydrogen-bond donors (Lipinski definition) is 0. The fraction of sp³-hybridized carbons (Fsp3) is 0.412. The Morgan fingerprint density at radius 2 is 1.69 bits per heavy atom. The van der Waals surface area contributed by atoms with Crippen LogP contribution in [-0.4, -0.2) is 63.1 Å². The van der Waals surface area contributed by atoms with Crippen LogP contribution in [0.5, 0.6) is 11.6 Å². The van der Waals surface area contributed by atoms with Gasteiger partial charge in [-0.25, -0.2) is 13.4 Å². The standard InChI is InChI=1S/C17H22N4O4S/c1-13-18-16(12-17(19-13)25-3)20-8-10-21(11-9-20)26(22,23)15-7-5-4-6-14(15)24-2/h4-7,12H,8-11H2,1-3H3. The van der Waals surface area contributed by atoms with Crippen LogP contribution in [0.1, 0.15) is 5.82 Å². The number of aromatic nitrogens is 2. The smallest absolute Gasteiger partial charge is 0.246 e. The summed E-state index contributed by atoms with van der Waals surface area (Å²) < 4.78 is 37.8. The quantitative estimate of drug-likeness (QED) is 0.775. The van der Waals surface area contributed by atoms with E-state index in [1.165, 1.54) is 11.4 Å². The average Bonchev–Trinajstić information content (AvgIpc) is 2.67. The molecule has 1 aliphatic heterocycles. The number of methoxy groups -OCH3 is 2. The third-order valence-corrected chi connectivity index (χ3v) is 6.20. The summed E-state index contributed by atoms with van der Waals surface area (Å²) in [6, 6.07) is 8.43. The molecule has 0 bridgehead atoms. The Labute approximate surface area is 153 Å². The molecule has 0 spiro atoms. The largest absolute Gasteiger partial charge is 0.495 e. The molecule has 2 aromatic rings. The van der Waals surface area contributed by atoms with Crippen molar-refractivity contribution in [2.75, 3.05) is 45.3 Å². The number of rotatable bonds is 5. The minimum atomic E-state index is -3.61. The van der Waals surface area contributed by atoms with Gasteiger partial charge < -0.3 is 14.4 Å². The van der Waals surface area contributed by atoms with Gasteiger partial charge in [-0.1, -0.05) is 12.1 Å². The Balaban J connectivity index is 1.77. The van der Waals surface area contributed by atoms with Crippen molar-refractivity contribution in [1.82, 2.24) is 14.3 Å². The van der Waals surface area contributed by atoms with Gasteiger partial charge in [-0.05, 0) is 19.1 Å². The molecule has 0 unspecified atom stereocenters. The molecule has 1 saturated heterocycles. The number of nitrogens with zero attached hydrogens (tertiary/aromatic N) is 4. The van der Waals surface area contributed by atoms with Crippen molar-refractivity contribution >= 4 is 15.8 Å². The van der Waals surface area contributed by atoms with Crippen LogP contribution in [0, 0.1) is 6.92 Å². The maximum absolute atomic E-state index is 12.9. The first kappa shape index (κ1) is 18.4. The highest BCUT2D eigenvalue weighted by molar-refractivity contribution is 7.89. The number of sulfonamides is 1. The van der Waals surface area contributed by atoms with Crippen LogP contribution in [0.25, 0.3) is 0 Å². The lowest BCUT2D eigenvalue weighted by Gasteiger charge is -2.34. The van der Waals surface area contributed by atoms with E-state index in [0.29, 0.717) is 43.6 Å². The molecular weight excluding hydrogens is 356 g/mol. The van der Waals surface area contributed by atoms with Gasteiger partial charge in [-0.2, -0.15) is 9.29 Å². The predicted molar refractivity (Wildman–Crippen MR) is 97.3 cm³/mol. The van der Waals surface area contributed by atoms with Gasteiger partial charge in [-0.3, -0.25) is 0 Å². The molecule has 1 fully saturated rings. The molecule has 1 aromatic carbocycles. The van der Waals surface area contributed by atoms with Gasteiger partial charge in [-0.15, -0.1) is 0 Å². The summed E-state index contributed by atoms with van der Waals surface area (Å²) in [7, 11) is -0.579. The maximum Gasteiger partial charge on any atom is 0.246 e. The molecule has 0 N–H and O–H groups in total. The molecule has 8 nitrogen and oxygen atoms in total. The van der Waals surface area contributed by atoms with Crippen molar-refractivity contribution in [3.63, 3.8) is 0 Å². The first-order valence-corrected chi connectivity index (χ1v) is 9.67. The number of aryl methyl sites for hydroxylation is 1. The van der Waals surface area contributed by atoms with Gasteiger partial charge in [0.25, 0.3) is 0 Å². The topological polar surface area (TPSA) is 84.9 Å². The van der Waals surface area contributed by atoms with Crippen LogP contribution in [0.4, 0.5) is 5.82 Å². The number of benzene rings is 1. The Kier molecular flexibility index (Phi) is 5.28. The summed E-state index contributed by atoms with van der Waals surface area (Å²) in [5.74, 6) is 2.20. The van der Waals surface area contributed by atoms with Crippen LogP contribution in [0.3, 0.4) is 0 Å². The summed E-state index contributed by atoms with van der Waals surface area (Å²) in [4.78, 5) is 10.8. The molecule has 1 aliphatic rings. The van der Waals surface area contributed by atoms with Gasteiger partial charge >= 0.3 is 0 Å². The zero-order chi connectivity index (χ0) is 18.7. The first-order valence-electron chi connectivity index (χ1n) is 8.23. The molecular formula is C17H22N4O4S. The van der Waals surface area contributed by atoms with E-state index in [1.807, 2.05) is 4.90 Å². The maximum atomic E-state index is 12.9. The van der Waals surface area contributed by atoms with Crippen LogP contribution < -0.4 is 14.4 Å². The van der Waals surface area contributed by atoms with E-state index < -0.39 is 10.0 Å². The average molecular weight is 378 g/mol. The van der Waals surface area contributed by atoms with Crippen molar-refractivity contribution in [3.8, 4) is 11.6 Å². The zero-order valence-corrected chi connectivity index (χ0v) is 15.9. The van der Waals surface area contributed by atoms with E-state index in [2.05, 4.69) is 9.97 Å². The second-order valence-electron chi connectivity index (χ2n) is 5.86. The summed E-state index contributed by atoms with van der Waals surface area (Å²) in [6.07, 6.45) is 0. The van der Waals surface area contributed by atoms with Crippen molar-refractivity contribution in [2.24, 2.45) is 0 Å². The molecule has 0 atom stereocenters. The molecule has 140 valence electrons. The van der Waals surface area contributed by atoms with Gasteiger partial charge in [0.15, 0.2) is 0 Å². The zero-order valence-electron chi connectivity index (χ0n) is 15.0. The molecule has 0 radical (unpaired) electrons. The number of para-hydroxylation sites is 1. The fourth-order valence-electron chi connectivity index (χ4n) is 2.92. The Morgan fingerprint density at radius 1 is 1.00 bits per heavy atom. The first-order chi connectivity index (χ1) is 12.5. The van der Waals surface area contributed by atoms with Crippen molar-refractivity contribution in [2.45, 2.75) is 11.8 Å². The van der Waals surface area contributed by atoms with Crippen molar-refractivity contribution < 1.29 is 17.9 Å². The number of piperazine rings is 1. The number of hydrogen-bond acceptors (Lipinski definition) is 7. The van der Waals surface area contributed by atoms with Gasteiger partial charge in [0, 0.05) is 32.2 Å². The number of anilines is 1. The van der Waals surface area contributed by atoms with Crippen LogP contribution in [0.15, 0.2) is 35.2 Å². The Hall–Kier alpha value is -2.39. The summed E-state index contributed by atoms with van der Waals surface area (Å²) in [5, 5.41) is 0. The molecule has 0 aliphatic carbocycles. The van der Waals surface area contributed by atoms with E-state index in [4.69, 9.17) is 9.47 Å². The Morgan fingerprint density at radius 3 is 2.35 bits per heavy atom. The van der Waals surface area contributed by atoms with Gasteiger partial charge in [0.2, 0.25) is 15.9 Å². The fourth-order valence-corrected chi connectivity index (χ4v) is 4.50. The highest BCUT2D eigenvalue weighted by atomic mass is 32.2.